The number of carbonyl (C=O) groups excluding carboxylic acids is 1. The number of benzene rings is 1. The van der Waals surface area contributed by atoms with Crippen LogP contribution in [0, 0.1) is 5.41 Å². The summed E-state index contributed by atoms with van der Waals surface area (Å²) in [6.45, 7) is 5.58. The number of carboxylic acids is 1. The minimum absolute atomic E-state index is 0.00810. The summed E-state index contributed by atoms with van der Waals surface area (Å²) < 4.78 is 0. The Morgan fingerprint density at radius 2 is 1.67 bits per heavy atom. The third-order valence-corrected chi connectivity index (χ3v) is 2.96. The van der Waals surface area contributed by atoms with Gasteiger partial charge in [0.1, 0.15) is 5.78 Å². The Hall–Kier alpha value is -1.64. The molecule has 0 fully saturated rings. The van der Waals surface area contributed by atoms with Crippen LogP contribution in [0.5, 0.6) is 0 Å². The van der Waals surface area contributed by atoms with Crippen LogP contribution < -0.4 is 0 Å². The Balaban J connectivity index is 2.87. The summed E-state index contributed by atoms with van der Waals surface area (Å²) in [5.41, 5.74) is 0.489. The van der Waals surface area contributed by atoms with Gasteiger partial charge in [-0.1, -0.05) is 51.1 Å². The monoisotopic (exact) mass is 248 g/mol. The van der Waals surface area contributed by atoms with Crippen LogP contribution in [-0.4, -0.2) is 16.9 Å². The maximum atomic E-state index is 12.0. The molecule has 1 aromatic carbocycles. The molecule has 0 aliphatic rings. The molecule has 0 aromatic heterocycles. The second-order valence-corrected chi connectivity index (χ2v) is 5.58. The molecule has 1 rings (SSSR count). The lowest BCUT2D eigenvalue weighted by atomic mass is 9.82. The highest BCUT2D eigenvalue weighted by molar-refractivity contribution is 5.85. The maximum absolute atomic E-state index is 12.0. The van der Waals surface area contributed by atoms with E-state index in [0.717, 1.165) is 5.56 Å². The topological polar surface area (TPSA) is 54.4 Å². The van der Waals surface area contributed by atoms with Crippen molar-refractivity contribution in [1.29, 1.82) is 0 Å². The van der Waals surface area contributed by atoms with Gasteiger partial charge in [-0.05, 0) is 5.56 Å². The van der Waals surface area contributed by atoms with E-state index in [1.807, 2.05) is 51.1 Å². The average molecular weight is 248 g/mol. The van der Waals surface area contributed by atoms with Gasteiger partial charge in [0.25, 0.3) is 0 Å². The molecule has 0 aliphatic carbocycles. The van der Waals surface area contributed by atoms with E-state index in [2.05, 4.69) is 0 Å². The number of ketones is 1. The van der Waals surface area contributed by atoms with Crippen LogP contribution in [-0.2, 0) is 9.59 Å². The fraction of sp³-hybridized carbons (Fsp3) is 0.467. The van der Waals surface area contributed by atoms with E-state index < -0.39 is 11.4 Å². The van der Waals surface area contributed by atoms with Gasteiger partial charge in [-0.15, -0.1) is 0 Å². The molecule has 1 atom stereocenters. The van der Waals surface area contributed by atoms with Crippen LogP contribution in [0.1, 0.15) is 45.1 Å². The zero-order chi connectivity index (χ0) is 13.8. The first-order chi connectivity index (χ1) is 8.30. The van der Waals surface area contributed by atoms with E-state index in [9.17, 15) is 9.59 Å². The van der Waals surface area contributed by atoms with Gasteiger partial charge in [0, 0.05) is 17.8 Å². The first-order valence-electron chi connectivity index (χ1n) is 6.10. The van der Waals surface area contributed by atoms with Crippen molar-refractivity contribution in [3.63, 3.8) is 0 Å². The van der Waals surface area contributed by atoms with Gasteiger partial charge in [-0.25, -0.2) is 0 Å². The van der Waals surface area contributed by atoms with Crippen LogP contribution in [0.2, 0.25) is 0 Å². The summed E-state index contributed by atoms with van der Waals surface area (Å²) in [5, 5.41) is 8.95. The van der Waals surface area contributed by atoms with Gasteiger partial charge in [0.15, 0.2) is 0 Å². The van der Waals surface area contributed by atoms with E-state index in [0.29, 0.717) is 0 Å². The van der Waals surface area contributed by atoms with Crippen LogP contribution in [0.25, 0.3) is 0 Å². The van der Waals surface area contributed by atoms with Gasteiger partial charge in [-0.3, -0.25) is 9.59 Å². The Morgan fingerprint density at radius 1 is 1.11 bits per heavy atom. The van der Waals surface area contributed by atoms with Gasteiger partial charge < -0.3 is 5.11 Å². The Morgan fingerprint density at radius 3 is 2.11 bits per heavy atom. The molecule has 3 nitrogen and oxygen atoms in total. The Labute approximate surface area is 108 Å². The fourth-order valence-corrected chi connectivity index (χ4v) is 1.77. The van der Waals surface area contributed by atoms with E-state index in [-0.39, 0.29) is 24.5 Å². The van der Waals surface area contributed by atoms with Crippen LogP contribution in [0.15, 0.2) is 30.3 Å². The normalized spacial score (nSPS) is 13.1. The lowest BCUT2D eigenvalue weighted by Gasteiger charge is -2.21. The minimum atomic E-state index is -0.870. The van der Waals surface area contributed by atoms with Crippen molar-refractivity contribution in [2.75, 3.05) is 0 Å². The van der Waals surface area contributed by atoms with E-state index >= 15 is 0 Å². The first-order valence-corrected chi connectivity index (χ1v) is 6.10. The average Bonchev–Trinajstić information content (AvgIpc) is 2.27. The van der Waals surface area contributed by atoms with Crippen molar-refractivity contribution in [3.05, 3.63) is 35.9 Å². The number of rotatable bonds is 5. The number of carboxylic acid groups (broad SMARTS) is 1. The number of carbonyl (C=O) groups is 2. The number of hydrogen-bond acceptors (Lipinski definition) is 2. The SMILES string of the molecule is CC(C)(C)C(=O)CC(CC(=O)O)c1ccccc1. The molecule has 0 radical (unpaired) electrons. The molecule has 1 unspecified atom stereocenters. The maximum Gasteiger partial charge on any atom is 0.303 e. The van der Waals surface area contributed by atoms with E-state index in [1.165, 1.54) is 0 Å². The molecule has 1 aromatic rings. The molecule has 18 heavy (non-hydrogen) atoms. The molecule has 0 heterocycles. The molecule has 0 aliphatic heterocycles. The lowest BCUT2D eigenvalue weighted by molar-refractivity contribution is -0.137. The molecule has 0 saturated carbocycles. The summed E-state index contributed by atoms with van der Waals surface area (Å²) in [6.07, 6.45) is 0.269. The van der Waals surface area contributed by atoms with Gasteiger partial charge in [-0.2, -0.15) is 0 Å². The first kappa shape index (κ1) is 14.4. The summed E-state index contributed by atoms with van der Waals surface area (Å²) >= 11 is 0. The molecule has 1 N–H and O–H groups in total. The summed E-state index contributed by atoms with van der Waals surface area (Å²) in [5.74, 6) is -1.02. The quantitative estimate of drug-likeness (QED) is 0.870. The van der Waals surface area contributed by atoms with E-state index in [4.69, 9.17) is 5.11 Å². The molecule has 0 saturated heterocycles. The predicted molar refractivity (Wildman–Crippen MR) is 70.5 cm³/mol. The highest BCUT2D eigenvalue weighted by atomic mass is 16.4. The van der Waals surface area contributed by atoms with Crippen molar-refractivity contribution in [2.24, 2.45) is 5.41 Å². The zero-order valence-corrected chi connectivity index (χ0v) is 11.1. The molecular weight excluding hydrogens is 228 g/mol. The molecule has 0 spiro atoms. The van der Waals surface area contributed by atoms with Gasteiger partial charge in [0.05, 0.1) is 6.42 Å². The Kier molecular flexibility index (Phi) is 4.65. The number of hydrogen-bond donors (Lipinski definition) is 1. The van der Waals surface area contributed by atoms with Crippen molar-refractivity contribution < 1.29 is 14.7 Å². The van der Waals surface area contributed by atoms with Crippen LogP contribution in [0.4, 0.5) is 0 Å². The van der Waals surface area contributed by atoms with Crippen molar-refractivity contribution in [2.45, 2.75) is 39.5 Å². The zero-order valence-electron chi connectivity index (χ0n) is 11.1. The fourth-order valence-electron chi connectivity index (χ4n) is 1.77. The Bertz CT molecular complexity index is 415. The van der Waals surface area contributed by atoms with Crippen LogP contribution >= 0.6 is 0 Å². The second-order valence-electron chi connectivity index (χ2n) is 5.58. The summed E-state index contributed by atoms with van der Waals surface area (Å²) in [7, 11) is 0. The lowest BCUT2D eigenvalue weighted by Crippen LogP contribution is -2.23. The molecule has 0 bridgehead atoms. The molecular formula is C15H20O3. The summed E-state index contributed by atoms with van der Waals surface area (Å²) in [4.78, 5) is 22.9. The molecule has 98 valence electrons. The minimum Gasteiger partial charge on any atom is -0.481 e. The van der Waals surface area contributed by atoms with Crippen molar-refractivity contribution in [3.8, 4) is 0 Å². The molecule has 0 amide bonds. The van der Waals surface area contributed by atoms with Crippen molar-refractivity contribution >= 4 is 11.8 Å². The number of Topliss-reactive ketones (excluding diaryl/α,β-unsaturated/α-hetero) is 1. The van der Waals surface area contributed by atoms with E-state index in [1.54, 1.807) is 0 Å². The number of aliphatic carboxylic acids is 1. The third kappa shape index (κ3) is 4.32. The second kappa shape index (κ2) is 5.80. The largest absolute Gasteiger partial charge is 0.481 e. The molecule has 3 heteroatoms. The standard InChI is InChI=1S/C15H20O3/c1-15(2,3)13(16)9-12(10-14(17)18)11-7-5-4-6-8-11/h4-8,12H,9-10H2,1-3H3,(H,17,18). The highest BCUT2D eigenvalue weighted by Crippen LogP contribution is 2.28. The third-order valence-electron chi connectivity index (χ3n) is 2.96. The smallest absolute Gasteiger partial charge is 0.303 e. The highest BCUT2D eigenvalue weighted by Gasteiger charge is 2.26. The van der Waals surface area contributed by atoms with Gasteiger partial charge >= 0.3 is 5.97 Å². The summed E-state index contributed by atoms with van der Waals surface area (Å²) in [6, 6.07) is 9.37. The van der Waals surface area contributed by atoms with Crippen molar-refractivity contribution in [1.82, 2.24) is 0 Å². The predicted octanol–water partition coefficient (Wildman–Crippen LogP) is 3.25. The van der Waals surface area contributed by atoms with Crippen LogP contribution in [0.3, 0.4) is 0 Å². The van der Waals surface area contributed by atoms with Gasteiger partial charge in [0.2, 0.25) is 0 Å².